The summed E-state index contributed by atoms with van der Waals surface area (Å²) in [4.78, 5) is 12.7. The van der Waals surface area contributed by atoms with Gasteiger partial charge in [0.1, 0.15) is 17.2 Å². The Labute approximate surface area is 215 Å². The zero-order valence-corrected chi connectivity index (χ0v) is 25.1. The van der Waals surface area contributed by atoms with Gasteiger partial charge in [0, 0.05) is 0 Å². The minimum atomic E-state index is -1.45. The fraction of sp³-hybridized carbons (Fsp3) is 0.552. The number of ether oxygens (including phenoxy) is 3. The molecule has 4 nitrogen and oxygen atoms in total. The molecule has 0 fully saturated rings. The van der Waals surface area contributed by atoms with Crippen molar-refractivity contribution in [3.8, 4) is 17.2 Å². The Hall–Kier alpha value is -2.06. The fourth-order valence-electron chi connectivity index (χ4n) is 3.93. The summed E-state index contributed by atoms with van der Waals surface area (Å²) in [7, 11) is -2.88. The lowest BCUT2D eigenvalue weighted by molar-refractivity contribution is 0.0734. The summed E-state index contributed by atoms with van der Waals surface area (Å²) >= 11 is 0. The van der Waals surface area contributed by atoms with Gasteiger partial charge in [-0.1, -0.05) is 78.8 Å². The van der Waals surface area contributed by atoms with Gasteiger partial charge in [0.2, 0.25) is 0 Å². The van der Waals surface area contributed by atoms with Gasteiger partial charge >= 0.3 is 5.97 Å². The third-order valence-corrected chi connectivity index (χ3v) is 10.9. The molecule has 194 valence electrons. The van der Waals surface area contributed by atoms with Crippen LogP contribution < -0.4 is 14.2 Å². The maximum absolute atomic E-state index is 12.7. The standard InChI is InChI=1S/C29H46O4Si2/c1-9-11-12-14-28(35(6,7)8)32-25-19-21-26(22-20-25)33-29(30)23-15-17-24(18-16-23)31-27(13-10-2)34(3,4)5/h15-22,27-28H,9-14H2,1-8H3. The maximum Gasteiger partial charge on any atom is 0.343 e. The second kappa shape index (κ2) is 13.3. The first-order chi connectivity index (χ1) is 16.4. The highest BCUT2D eigenvalue weighted by atomic mass is 28.3. The van der Waals surface area contributed by atoms with Crippen molar-refractivity contribution < 1.29 is 19.0 Å². The van der Waals surface area contributed by atoms with Crippen LogP contribution in [0.25, 0.3) is 0 Å². The Kier molecular flexibility index (Phi) is 11.1. The molecule has 0 saturated carbocycles. The molecule has 0 spiro atoms. The third-order valence-electron chi connectivity index (χ3n) is 6.23. The second-order valence-electron chi connectivity index (χ2n) is 11.6. The molecule has 0 heterocycles. The monoisotopic (exact) mass is 514 g/mol. The van der Waals surface area contributed by atoms with Gasteiger partial charge in [0.05, 0.1) is 33.2 Å². The van der Waals surface area contributed by atoms with E-state index in [4.69, 9.17) is 14.2 Å². The molecule has 0 radical (unpaired) electrons. The summed E-state index contributed by atoms with van der Waals surface area (Å²) in [6.45, 7) is 18.4. The highest BCUT2D eigenvalue weighted by Crippen LogP contribution is 2.26. The topological polar surface area (TPSA) is 44.8 Å². The van der Waals surface area contributed by atoms with Crippen molar-refractivity contribution in [2.75, 3.05) is 0 Å². The van der Waals surface area contributed by atoms with Crippen molar-refractivity contribution in [1.29, 1.82) is 0 Å². The lowest BCUT2D eigenvalue weighted by atomic mass is 10.2. The van der Waals surface area contributed by atoms with Crippen LogP contribution >= 0.6 is 0 Å². The summed E-state index contributed by atoms with van der Waals surface area (Å²) in [6, 6.07) is 14.7. The van der Waals surface area contributed by atoms with Crippen molar-refractivity contribution in [1.82, 2.24) is 0 Å². The average Bonchev–Trinajstić information content (AvgIpc) is 2.78. The van der Waals surface area contributed by atoms with Crippen LogP contribution in [0.15, 0.2) is 48.5 Å². The Bertz CT molecular complexity index is 896. The molecule has 0 aliphatic carbocycles. The number of rotatable bonds is 14. The summed E-state index contributed by atoms with van der Waals surface area (Å²) < 4.78 is 18.2. The third kappa shape index (κ3) is 9.84. The van der Waals surface area contributed by atoms with E-state index in [-0.39, 0.29) is 17.4 Å². The van der Waals surface area contributed by atoms with E-state index in [2.05, 4.69) is 53.1 Å². The maximum atomic E-state index is 12.7. The van der Waals surface area contributed by atoms with Crippen molar-refractivity contribution in [2.24, 2.45) is 0 Å². The smallest absolute Gasteiger partial charge is 0.343 e. The SMILES string of the molecule is CCCCCC(Oc1ccc(OC(=O)c2ccc(OC(CCC)[Si](C)(C)C)cc2)cc1)[Si](C)(C)C. The van der Waals surface area contributed by atoms with E-state index in [1.807, 2.05) is 24.3 Å². The first-order valence-electron chi connectivity index (χ1n) is 13.2. The minimum absolute atomic E-state index is 0.262. The van der Waals surface area contributed by atoms with Gasteiger partial charge < -0.3 is 14.2 Å². The lowest BCUT2D eigenvalue weighted by Gasteiger charge is -2.30. The van der Waals surface area contributed by atoms with Gasteiger partial charge in [-0.05, 0) is 61.4 Å². The molecular weight excluding hydrogens is 468 g/mol. The number of esters is 1. The molecule has 0 bridgehead atoms. The van der Waals surface area contributed by atoms with Gasteiger partial charge in [0.15, 0.2) is 0 Å². The van der Waals surface area contributed by atoms with Gasteiger partial charge in [0.25, 0.3) is 0 Å². The van der Waals surface area contributed by atoms with Crippen LogP contribution in [-0.2, 0) is 0 Å². The predicted molar refractivity (Wildman–Crippen MR) is 152 cm³/mol. The van der Waals surface area contributed by atoms with Gasteiger partial charge in [-0.3, -0.25) is 0 Å². The molecular formula is C29H46O4Si2. The highest BCUT2D eigenvalue weighted by Gasteiger charge is 2.29. The van der Waals surface area contributed by atoms with E-state index in [1.54, 1.807) is 24.3 Å². The molecule has 0 amide bonds. The largest absolute Gasteiger partial charge is 0.494 e. The molecule has 2 atom stereocenters. The molecule has 2 aromatic rings. The predicted octanol–water partition coefficient (Wildman–Crippen LogP) is 8.54. The summed E-state index contributed by atoms with van der Waals surface area (Å²) in [6.07, 6.45) is 6.90. The van der Waals surface area contributed by atoms with Gasteiger partial charge in [-0.25, -0.2) is 4.79 Å². The van der Waals surface area contributed by atoms with Crippen LogP contribution in [0.3, 0.4) is 0 Å². The van der Waals surface area contributed by atoms with Crippen LogP contribution in [0, 0.1) is 0 Å². The van der Waals surface area contributed by atoms with Crippen molar-refractivity contribution >= 4 is 22.1 Å². The highest BCUT2D eigenvalue weighted by molar-refractivity contribution is 6.77. The normalized spacial score (nSPS) is 13.7. The Balaban J connectivity index is 1.98. The van der Waals surface area contributed by atoms with E-state index >= 15 is 0 Å². The van der Waals surface area contributed by atoms with Crippen LogP contribution in [0.1, 0.15) is 62.7 Å². The zero-order valence-electron chi connectivity index (χ0n) is 23.1. The Morgan fingerprint density at radius 1 is 0.657 bits per heavy atom. The van der Waals surface area contributed by atoms with Crippen LogP contribution in [0.4, 0.5) is 0 Å². The average molecular weight is 515 g/mol. The number of carbonyl (C=O) groups excluding carboxylic acids is 1. The van der Waals surface area contributed by atoms with Crippen LogP contribution in [-0.4, -0.2) is 33.6 Å². The van der Waals surface area contributed by atoms with Crippen LogP contribution in [0.5, 0.6) is 17.2 Å². The van der Waals surface area contributed by atoms with Gasteiger partial charge in [-0.2, -0.15) is 0 Å². The molecule has 0 N–H and O–H groups in total. The van der Waals surface area contributed by atoms with E-state index in [9.17, 15) is 4.79 Å². The van der Waals surface area contributed by atoms with E-state index in [0.29, 0.717) is 11.3 Å². The Morgan fingerprint density at radius 2 is 1.11 bits per heavy atom. The van der Waals surface area contributed by atoms with E-state index < -0.39 is 16.1 Å². The fourth-order valence-corrected chi connectivity index (χ4v) is 7.13. The van der Waals surface area contributed by atoms with E-state index in [1.165, 1.54) is 19.3 Å². The summed E-state index contributed by atoms with van der Waals surface area (Å²) in [5.74, 6) is 1.78. The Morgan fingerprint density at radius 3 is 1.57 bits per heavy atom. The lowest BCUT2D eigenvalue weighted by Crippen LogP contribution is -2.42. The number of carbonyl (C=O) groups is 1. The molecule has 35 heavy (non-hydrogen) atoms. The molecule has 0 aliphatic rings. The molecule has 6 heteroatoms. The number of benzene rings is 2. The minimum Gasteiger partial charge on any atom is -0.494 e. The van der Waals surface area contributed by atoms with Crippen molar-refractivity contribution in [2.45, 2.75) is 103 Å². The summed E-state index contributed by atoms with van der Waals surface area (Å²) in [5, 5.41) is 0. The second-order valence-corrected chi connectivity index (χ2v) is 22.4. The van der Waals surface area contributed by atoms with E-state index in [0.717, 1.165) is 30.8 Å². The molecule has 0 saturated heterocycles. The molecule has 0 aromatic heterocycles. The summed E-state index contributed by atoms with van der Waals surface area (Å²) in [5.41, 5.74) is 1.05. The van der Waals surface area contributed by atoms with Crippen LogP contribution in [0.2, 0.25) is 39.3 Å². The molecule has 2 rings (SSSR count). The quantitative estimate of drug-likeness (QED) is 0.110. The molecule has 2 aromatic carbocycles. The molecule has 0 aliphatic heterocycles. The first kappa shape index (κ1) is 29.2. The number of unbranched alkanes of at least 4 members (excludes halogenated alkanes) is 2. The van der Waals surface area contributed by atoms with Crippen molar-refractivity contribution in [3.05, 3.63) is 54.1 Å². The number of hydrogen-bond acceptors (Lipinski definition) is 4. The number of hydrogen-bond donors (Lipinski definition) is 0. The van der Waals surface area contributed by atoms with Crippen molar-refractivity contribution in [3.63, 3.8) is 0 Å². The van der Waals surface area contributed by atoms with Gasteiger partial charge in [-0.15, -0.1) is 0 Å². The first-order valence-corrected chi connectivity index (χ1v) is 20.3. The molecule has 2 unspecified atom stereocenters. The zero-order chi connectivity index (χ0) is 26.1.